The van der Waals surface area contributed by atoms with Gasteiger partial charge in [0.2, 0.25) is 0 Å². The van der Waals surface area contributed by atoms with E-state index >= 15 is 0 Å². The number of carbonyl (C=O) groups is 3. The fraction of sp³-hybridized carbons (Fsp3) is 0.753. The van der Waals surface area contributed by atoms with Gasteiger partial charge < -0.3 is 34.2 Å². The molecule has 5 unspecified atom stereocenters. The van der Waals surface area contributed by atoms with Gasteiger partial charge in [-0.25, -0.2) is 9.13 Å². The summed E-state index contributed by atoms with van der Waals surface area (Å²) < 4.78 is 61.2. The normalized spacial score (nSPS) is 14.5. The van der Waals surface area contributed by atoms with E-state index in [1.54, 1.807) is 0 Å². The Kier molecular flexibility index (Phi) is 74.9. The van der Waals surface area contributed by atoms with Crippen LogP contribution < -0.4 is 0 Å². The first-order valence-corrected chi connectivity index (χ1v) is 44.2. The van der Waals surface area contributed by atoms with E-state index in [0.29, 0.717) is 19.3 Å². The van der Waals surface area contributed by atoms with Crippen LogP contribution in [0, 0.1) is 0 Å². The quantitative estimate of drug-likeness (QED) is 0.0146. The van der Waals surface area contributed by atoms with Crippen LogP contribution in [0.5, 0.6) is 0 Å². The molecule has 103 heavy (non-hydrogen) atoms. The van der Waals surface area contributed by atoms with Gasteiger partial charge in [0.05, 0.1) is 26.4 Å². The first-order valence-electron chi connectivity index (χ1n) is 41.2. The fourth-order valence-electron chi connectivity index (χ4n) is 11.2. The van der Waals surface area contributed by atoms with Gasteiger partial charge >= 0.3 is 33.6 Å². The summed E-state index contributed by atoms with van der Waals surface area (Å²) in [6, 6.07) is 0. The van der Waals surface area contributed by atoms with Crippen LogP contribution in [0.1, 0.15) is 355 Å². The Morgan fingerprint density at radius 1 is 0.282 bits per heavy atom. The minimum Gasteiger partial charge on any atom is -0.463 e. The van der Waals surface area contributed by atoms with Crippen molar-refractivity contribution >= 4 is 33.6 Å². The molecule has 0 aliphatic heterocycles. The van der Waals surface area contributed by atoms with Gasteiger partial charge in [-0.05, 0) is 109 Å². The molecule has 5 atom stereocenters. The van der Waals surface area contributed by atoms with Crippen molar-refractivity contribution in [2.24, 2.45) is 0 Å². The van der Waals surface area contributed by atoms with E-state index in [9.17, 15) is 43.5 Å². The molecule has 4 N–H and O–H groups in total. The van der Waals surface area contributed by atoms with Crippen molar-refractivity contribution in [3.8, 4) is 0 Å². The molecule has 0 saturated heterocycles. The summed E-state index contributed by atoms with van der Waals surface area (Å²) in [5.74, 6) is -1.57. The van der Waals surface area contributed by atoms with Crippen LogP contribution in [-0.4, -0.2) is 95.9 Å². The number of aliphatic hydroxyl groups excluding tert-OH is 2. The zero-order valence-electron chi connectivity index (χ0n) is 65.2. The maximum atomic E-state index is 13.0. The molecule has 0 spiro atoms. The molecule has 18 heteroatoms. The maximum absolute atomic E-state index is 13.0. The molecule has 0 fully saturated rings. The molecular formula is C85H150O16P2. The van der Waals surface area contributed by atoms with E-state index in [1.807, 2.05) is 0 Å². The van der Waals surface area contributed by atoms with Crippen molar-refractivity contribution in [1.82, 2.24) is 0 Å². The summed E-state index contributed by atoms with van der Waals surface area (Å²) in [6.07, 6.45) is 91.4. The average Bonchev–Trinajstić information content (AvgIpc) is 0.923. The molecule has 0 aromatic rings. The standard InChI is InChI=1S/C85H150O16P2/c1-4-7-10-13-16-19-22-25-27-29-31-33-35-37-38-39-40-42-44-45-47-49-51-54-56-59-62-65-68-71-83(88)95-74-80(86)75-97-102(91,92)98-76-81(87)77-99-103(93,94)100-79-82(101-85(90)73-70-67-64-61-58-53-24-21-18-15-12-9-6-3)78-96-84(89)72-69-66-63-60-57-55-52-50-48-46-43-41-36-34-32-30-28-26-23-20-17-14-11-8-5-2/h7,10,16-17,19-20,25-28,31-34,37-38,41,43,80-82,86-87H,4-6,8-9,11-15,18,21-24,29-30,35-36,39-40,42,44-79H2,1-3H3,(H,91,92)(H,93,94)/b10-7-,19-16-,20-17-,27-25-,28-26-,33-31-,34-32-,38-37-,43-41-. The van der Waals surface area contributed by atoms with Gasteiger partial charge in [0.25, 0.3) is 0 Å². The largest absolute Gasteiger partial charge is 0.472 e. The number of rotatable bonds is 78. The van der Waals surface area contributed by atoms with Crippen LogP contribution in [0.25, 0.3) is 0 Å². The van der Waals surface area contributed by atoms with Crippen molar-refractivity contribution in [3.05, 3.63) is 109 Å². The second-order valence-electron chi connectivity index (χ2n) is 27.6. The first kappa shape index (κ1) is 99.2. The Morgan fingerprint density at radius 3 is 0.835 bits per heavy atom. The third-order valence-corrected chi connectivity index (χ3v) is 19.4. The lowest BCUT2D eigenvalue weighted by molar-refractivity contribution is -0.161. The van der Waals surface area contributed by atoms with Crippen molar-refractivity contribution in [2.75, 3.05) is 39.6 Å². The Bertz CT molecular complexity index is 2310. The van der Waals surface area contributed by atoms with Crippen molar-refractivity contribution in [3.63, 3.8) is 0 Å². The lowest BCUT2D eigenvalue weighted by Gasteiger charge is -2.21. The van der Waals surface area contributed by atoms with Gasteiger partial charge in [0, 0.05) is 19.3 Å². The zero-order chi connectivity index (χ0) is 75.2. The van der Waals surface area contributed by atoms with E-state index in [0.717, 1.165) is 135 Å². The number of allylic oxidation sites excluding steroid dienone is 18. The van der Waals surface area contributed by atoms with Crippen LogP contribution in [0.15, 0.2) is 109 Å². The Morgan fingerprint density at radius 2 is 0.515 bits per heavy atom. The second-order valence-corrected chi connectivity index (χ2v) is 30.5. The number of esters is 3. The van der Waals surface area contributed by atoms with E-state index in [4.69, 9.17) is 32.3 Å². The number of unbranched alkanes of at least 4 members (excludes halogenated alkanes) is 37. The number of hydrogen-bond acceptors (Lipinski definition) is 14. The van der Waals surface area contributed by atoms with E-state index < -0.39 is 91.5 Å². The van der Waals surface area contributed by atoms with Crippen LogP contribution in [0.4, 0.5) is 0 Å². The lowest BCUT2D eigenvalue weighted by atomic mass is 10.0. The lowest BCUT2D eigenvalue weighted by Crippen LogP contribution is -2.30. The van der Waals surface area contributed by atoms with Gasteiger partial charge in [-0.2, -0.15) is 0 Å². The van der Waals surface area contributed by atoms with Gasteiger partial charge in [-0.3, -0.25) is 32.5 Å². The third-order valence-electron chi connectivity index (χ3n) is 17.5. The van der Waals surface area contributed by atoms with Crippen LogP contribution >= 0.6 is 15.6 Å². The summed E-state index contributed by atoms with van der Waals surface area (Å²) >= 11 is 0. The molecule has 0 saturated carbocycles. The Balaban J connectivity index is 4.48. The molecule has 0 aromatic heterocycles. The molecule has 0 aromatic carbocycles. The third kappa shape index (κ3) is 79.1. The SMILES string of the molecule is CC/C=C\C/C=C\C/C=C\C/C=C\C/C=C\CCCCCCCCCCCCCCCC(=O)OCC(O)COP(=O)(O)OCC(O)COP(=O)(O)OCC(COC(=O)CCCCCCCCCCC/C=C\C/C=C\C/C=C\C/C=C\CCCCC)OC(=O)CCCCCCCCCCCCCCC. The highest BCUT2D eigenvalue weighted by atomic mass is 31.2. The highest BCUT2D eigenvalue weighted by Gasteiger charge is 2.29. The minimum absolute atomic E-state index is 0.107. The predicted octanol–water partition coefficient (Wildman–Crippen LogP) is 24.3. The molecule has 596 valence electrons. The molecule has 0 aliphatic rings. The molecule has 0 bridgehead atoms. The number of ether oxygens (including phenoxy) is 3. The van der Waals surface area contributed by atoms with Crippen LogP contribution in [0.2, 0.25) is 0 Å². The minimum atomic E-state index is -4.93. The summed E-state index contributed by atoms with van der Waals surface area (Å²) in [7, 11) is -9.78. The van der Waals surface area contributed by atoms with Crippen LogP contribution in [0.3, 0.4) is 0 Å². The molecule has 0 amide bonds. The molecule has 0 rings (SSSR count). The molecule has 0 heterocycles. The zero-order valence-corrected chi connectivity index (χ0v) is 67.0. The summed E-state index contributed by atoms with van der Waals surface area (Å²) in [6.45, 7) is 2.57. The first-order chi connectivity index (χ1) is 50.2. The number of phosphoric ester groups is 2. The van der Waals surface area contributed by atoms with Crippen LogP contribution in [-0.2, 0) is 55.8 Å². The number of carbonyl (C=O) groups excluding carboxylic acids is 3. The maximum Gasteiger partial charge on any atom is 0.472 e. The van der Waals surface area contributed by atoms with Gasteiger partial charge in [-0.15, -0.1) is 0 Å². The fourth-order valence-corrected chi connectivity index (χ4v) is 12.8. The summed E-state index contributed by atoms with van der Waals surface area (Å²) in [5, 5.41) is 20.6. The Labute approximate surface area is 628 Å². The van der Waals surface area contributed by atoms with Crippen molar-refractivity contribution in [1.29, 1.82) is 0 Å². The average molecular weight is 1490 g/mol. The molecule has 16 nitrogen and oxygen atoms in total. The highest BCUT2D eigenvalue weighted by molar-refractivity contribution is 7.47. The summed E-state index contributed by atoms with van der Waals surface area (Å²) in [4.78, 5) is 58.7. The van der Waals surface area contributed by atoms with Gasteiger partial charge in [0.15, 0.2) is 6.10 Å². The number of aliphatic hydroxyl groups is 2. The molecular weight excluding hydrogens is 1340 g/mol. The van der Waals surface area contributed by atoms with E-state index in [1.165, 1.54) is 161 Å². The van der Waals surface area contributed by atoms with E-state index in [2.05, 4.69) is 130 Å². The summed E-state index contributed by atoms with van der Waals surface area (Å²) in [5.41, 5.74) is 0. The van der Waals surface area contributed by atoms with Gasteiger partial charge in [0.1, 0.15) is 25.4 Å². The monoisotopic (exact) mass is 1490 g/mol. The van der Waals surface area contributed by atoms with Gasteiger partial charge in [-0.1, -0.05) is 336 Å². The van der Waals surface area contributed by atoms with E-state index in [-0.39, 0.29) is 19.3 Å². The highest BCUT2D eigenvalue weighted by Crippen LogP contribution is 2.45. The molecule has 0 aliphatic carbocycles. The Hall–Kier alpha value is -3.79. The second kappa shape index (κ2) is 77.8. The number of hydrogen-bond donors (Lipinski definition) is 4. The number of phosphoric acid groups is 2. The topological polar surface area (TPSA) is 231 Å². The van der Waals surface area contributed by atoms with Crippen molar-refractivity contribution < 1.29 is 75.8 Å². The smallest absolute Gasteiger partial charge is 0.463 e. The predicted molar refractivity (Wildman–Crippen MR) is 427 cm³/mol. The molecule has 0 radical (unpaired) electrons. The van der Waals surface area contributed by atoms with Crippen molar-refractivity contribution in [2.45, 2.75) is 373 Å².